The monoisotopic (exact) mass is 193 g/mol. The van der Waals surface area contributed by atoms with Gasteiger partial charge in [-0.25, -0.2) is 9.97 Å². The van der Waals surface area contributed by atoms with Crippen LogP contribution in [-0.4, -0.2) is 24.6 Å². The maximum atomic E-state index is 9.48. The first-order valence-electron chi connectivity index (χ1n) is 4.32. The van der Waals surface area contributed by atoms with Crippen molar-refractivity contribution >= 4 is 17.0 Å². The molecule has 6 nitrogen and oxygen atoms in total. The van der Waals surface area contributed by atoms with Crippen molar-refractivity contribution in [1.29, 1.82) is 0 Å². The molecular formula is C8H11N5O. The Hall–Kier alpha value is -1.85. The van der Waals surface area contributed by atoms with Gasteiger partial charge in [0.15, 0.2) is 17.0 Å². The molecule has 0 aliphatic rings. The lowest BCUT2D eigenvalue weighted by Crippen LogP contribution is -2.00. The van der Waals surface area contributed by atoms with Crippen molar-refractivity contribution in [2.75, 3.05) is 5.73 Å². The fourth-order valence-electron chi connectivity index (χ4n) is 1.41. The Morgan fingerprint density at radius 2 is 2.07 bits per heavy atom. The van der Waals surface area contributed by atoms with Crippen molar-refractivity contribution in [3.63, 3.8) is 0 Å². The van der Waals surface area contributed by atoms with E-state index in [-0.39, 0.29) is 6.01 Å². The van der Waals surface area contributed by atoms with Crippen molar-refractivity contribution in [2.24, 2.45) is 0 Å². The topological polar surface area (TPSA) is 89.8 Å². The number of aryl methyl sites for hydroxylation is 2. The highest BCUT2D eigenvalue weighted by molar-refractivity contribution is 5.82. The molecule has 0 amide bonds. The molecule has 14 heavy (non-hydrogen) atoms. The second-order valence-corrected chi connectivity index (χ2v) is 2.98. The van der Waals surface area contributed by atoms with Crippen LogP contribution in [0.5, 0.6) is 6.01 Å². The van der Waals surface area contributed by atoms with E-state index < -0.39 is 0 Å². The second kappa shape index (κ2) is 2.83. The van der Waals surface area contributed by atoms with Crippen LogP contribution in [0.15, 0.2) is 0 Å². The van der Waals surface area contributed by atoms with Gasteiger partial charge in [0.05, 0.1) is 0 Å². The predicted molar refractivity (Wildman–Crippen MR) is 51.8 cm³/mol. The van der Waals surface area contributed by atoms with E-state index in [9.17, 15) is 5.11 Å². The molecule has 2 aromatic rings. The lowest BCUT2D eigenvalue weighted by Gasteiger charge is -2.00. The standard InChI is InChI=1S/C8H11N5O/c1-3-13-7-5(12-8(13)14)6(9)10-4(2)11-7/h3H2,1-2H3,(H,12,14)(H2,9,10,11). The molecule has 0 spiro atoms. The Morgan fingerprint density at radius 1 is 1.36 bits per heavy atom. The second-order valence-electron chi connectivity index (χ2n) is 2.98. The first-order valence-corrected chi connectivity index (χ1v) is 4.32. The van der Waals surface area contributed by atoms with E-state index in [0.717, 1.165) is 0 Å². The molecule has 0 fully saturated rings. The van der Waals surface area contributed by atoms with Gasteiger partial charge in [-0.15, -0.1) is 0 Å². The highest BCUT2D eigenvalue weighted by atomic mass is 16.3. The molecule has 74 valence electrons. The minimum absolute atomic E-state index is 0.0749. The van der Waals surface area contributed by atoms with E-state index in [4.69, 9.17) is 5.73 Å². The van der Waals surface area contributed by atoms with E-state index in [1.54, 1.807) is 11.5 Å². The largest absolute Gasteiger partial charge is 0.480 e. The zero-order chi connectivity index (χ0) is 10.3. The number of aromatic nitrogens is 4. The van der Waals surface area contributed by atoms with E-state index in [0.29, 0.717) is 29.4 Å². The molecule has 0 aliphatic carbocycles. The lowest BCUT2D eigenvalue weighted by molar-refractivity contribution is 0.405. The van der Waals surface area contributed by atoms with E-state index in [2.05, 4.69) is 15.0 Å². The van der Waals surface area contributed by atoms with Gasteiger partial charge in [0.25, 0.3) is 6.01 Å². The summed E-state index contributed by atoms with van der Waals surface area (Å²) >= 11 is 0. The van der Waals surface area contributed by atoms with Gasteiger partial charge in [0.1, 0.15) is 5.82 Å². The summed E-state index contributed by atoms with van der Waals surface area (Å²) in [7, 11) is 0. The van der Waals surface area contributed by atoms with Crippen LogP contribution in [0.1, 0.15) is 12.7 Å². The van der Waals surface area contributed by atoms with Crippen LogP contribution in [0.3, 0.4) is 0 Å². The quantitative estimate of drug-likeness (QED) is 0.686. The molecule has 2 rings (SSSR count). The minimum Gasteiger partial charge on any atom is -0.480 e. The summed E-state index contributed by atoms with van der Waals surface area (Å²) in [6.45, 7) is 4.24. The van der Waals surface area contributed by atoms with Crippen molar-refractivity contribution < 1.29 is 5.11 Å². The van der Waals surface area contributed by atoms with Gasteiger partial charge in [0.2, 0.25) is 0 Å². The smallest absolute Gasteiger partial charge is 0.296 e. The van der Waals surface area contributed by atoms with E-state index >= 15 is 0 Å². The van der Waals surface area contributed by atoms with E-state index in [1.807, 2.05) is 6.92 Å². The number of hydrogen-bond donors (Lipinski definition) is 2. The molecule has 0 radical (unpaired) electrons. The number of fused-ring (bicyclic) bond motifs is 1. The van der Waals surface area contributed by atoms with Crippen LogP contribution in [0.2, 0.25) is 0 Å². The first-order chi connectivity index (χ1) is 6.63. The summed E-state index contributed by atoms with van der Waals surface area (Å²) in [4.78, 5) is 12.0. The van der Waals surface area contributed by atoms with Gasteiger partial charge in [0, 0.05) is 6.54 Å². The summed E-state index contributed by atoms with van der Waals surface area (Å²) in [6.07, 6.45) is 0. The molecule has 0 saturated carbocycles. The minimum atomic E-state index is -0.0749. The molecule has 3 N–H and O–H groups in total. The molecular weight excluding hydrogens is 182 g/mol. The maximum Gasteiger partial charge on any atom is 0.296 e. The molecule has 2 heterocycles. The summed E-state index contributed by atoms with van der Waals surface area (Å²) in [5.41, 5.74) is 6.69. The van der Waals surface area contributed by atoms with Crippen LogP contribution in [0, 0.1) is 6.92 Å². The zero-order valence-electron chi connectivity index (χ0n) is 8.02. The van der Waals surface area contributed by atoms with Gasteiger partial charge >= 0.3 is 0 Å². The third-order valence-corrected chi connectivity index (χ3v) is 2.03. The molecule has 2 aromatic heterocycles. The summed E-state index contributed by atoms with van der Waals surface area (Å²) in [5, 5.41) is 9.48. The van der Waals surface area contributed by atoms with Crippen LogP contribution < -0.4 is 5.73 Å². The molecule has 0 bridgehead atoms. The lowest BCUT2D eigenvalue weighted by atomic mass is 10.5. The van der Waals surface area contributed by atoms with Crippen LogP contribution in [0.4, 0.5) is 5.82 Å². The van der Waals surface area contributed by atoms with Gasteiger partial charge < -0.3 is 10.8 Å². The third kappa shape index (κ3) is 1.07. The summed E-state index contributed by atoms with van der Waals surface area (Å²) < 4.78 is 1.58. The van der Waals surface area contributed by atoms with Gasteiger partial charge in [-0.2, -0.15) is 4.98 Å². The SMILES string of the molecule is CCn1c(O)nc2c(N)nc(C)nc21. The Balaban J connectivity index is 2.87. The molecule has 6 heteroatoms. The number of hydrogen-bond acceptors (Lipinski definition) is 5. The number of imidazole rings is 1. The fourth-order valence-corrected chi connectivity index (χ4v) is 1.41. The number of anilines is 1. The average Bonchev–Trinajstić information content (AvgIpc) is 2.41. The first kappa shape index (κ1) is 8.74. The van der Waals surface area contributed by atoms with Crippen molar-refractivity contribution in [1.82, 2.24) is 19.5 Å². The molecule has 0 atom stereocenters. The Morgan fingerprint density at radius 3 is 2.71 bits per heavy atom. The Kier molecular flexibility index (Phi) is 1.77. The average molecular weight is 193 g/mol. The van der Waals surface area contributed by atoms with E-state index in [1.165, 1.54) is 0 Å². The van der Waals surface area contributed by atoms with Crippen molar-refractivity contribution in [3.05, 3.63) is 5.82 Å². The molecule has 0 saturated heterocycles. The fraction of sp³-hybridized carbons (Fsp3) is 0.375. The van der Waals surface area contributed by atoms with Gasteiger partial charge in [-0.05, 0) is 13.8 Å². The number of nitrogen functional groups attached to an aromatic ring is 1. The number of nitrogens with two attached hydrogens (primary N) is 1. The van der Waals surface area contributed by atoms with Crippen LogP contribution in [0.25, 0.3) is 11.2 Å². The highest BCUT2D eigenvalue weighted by Crippen LogP contribution is 2.21. The van der Waals surface area contributed by atoms with Crippen LogP contribution in [-0.2, 0) is 6.54 Å². The number of nitrogens with zero attached hydrogens (tertiary/aromatic N) is 4. The van der Waals surface area contributed by atoms with Gasteiger partial charge in [-0.1, -0.05) is 0 Å². The maximum absolute atomic E-state index is 9.48. The molecule has 0 aliphatic heterocycles. The van der Waals surface area contributed by atoms with Crippen molar-refractivity contribution in [2.45, 2.75) is 20.4 Å². The Bertz CT molecular complexity index is 490. The van der Waals surface area contributed by atoms with Crippen molar-refractivity contribution in [3.8, 4) is 6.01 Å². The predicted octanol–water partition coefficient (Wildman–Crippen LogP) is 0.442. The third-order valence-electron chi connectivity index (χ3n) is 2.03. The number of aromatic hydroxyl groups is 1. The molecule has 0 unspecified atom stereocenters. The summed E-state index contributed by atoms with van der Waals surface area (Å²) in [5.74, 6) is 0.875. The number of rotatable bonds is 1. The normalized spacial score (nSPS) is 11.0. The van der Waals surface area contributed by atoms with Crippen LogP contribution >= 0.6 is 0 Å². The Labute approximate surface area is 80.4 Å². The van der Waals surface area contributed by atoms with Gasteiger partial charge in [-0.3, -0.25) is 4.57 Å². The highest BCUT2D eigenvalue weighted by Gasteiger charge is 2.13. The molecule has 0 aromatic carbocycles. The zero-order valence-corrected chi connectivity index (χ0v) is 8.02. The summed E-state index contributed by atoms with van der Waals surface area (Å²) in [6, 6.07) is -0.0749.